The molecule has 0 heterocycles. The maximum Gasteiger partial charge on any atom is 0.122 e. The van der Waals surface area contributed by atoms with Gasteiger partial charge in [-0.15, -0.1) is 0 Å². The summed E-state index contributed by atoms with van der Waals surface area (Å²) in [5, 5.41) is 7.64. The number of hydrogen-bond acceptors (Lipinski definition) is 1. The largest absolute Gasteiger partial charge is 0.384 e. The minimum atomic E-state index is 0.0875. The van der Waals surface area contributed by atoms with Gasteiger partial charge in [-0.05, 0) is 45.5 Å². The first-order valence-electron chi connectivity index (χ1n) is 8.91. The van der Waals surface area contributed by atoms with E-state index in [-0.39, 0.29) is 5.84 Å². The molecule has 0 spiro atoms. The van der Waals surface area contributed by atoms with Gasteiger partial charge in [-0.25, -0.2) is 0 Å². The highest BCUT2D eigenvalue weighted by Crippen LogP contribution is 2.28. The lowest BCUT2D eigenvalue weighted by molar-refractivity contribution is 1.42. The Morgan fingerprint density at radius 3 is 1.56 bits per heavy atom. The van der Waals surface area contributed by atoms with Crippen molar-refractivity contribution in [2.45, 2.75) is 0 Å². The quantitative estimate of drug-likeness (QED) is 0.346. The van der Waals surface area contributed by atoms with Crippen LogP contribution < -0.4 is 5.73 Å². The zero-order chi connectivity index (χ0) is 18.6. The second-order valence-electron chi connectivity index (χ2n) is 6.52. The fourth-order valence-electron chi connectivity index (χ4n) is 3.23. The lowest BCUT2D eigenvalue weighted by atomic mass is 9.96. The van der Waals surface area contributed by atoms with Crippen LogP contribution >= 0.6 is 0 Å². The number of nitrogen functional groups attached to an aromatic ring is 1. The molecule has 0 amide bonds. The maximum absolute atomic E-state index is 7.64. The third-order valence-electron chi connectivity index (χ3n) is 4.69. The molecule has 0 aliphatic rings. The monoisotopic (exact) mass is 348 g/mol. The highest BCUT2D eigenvalue weighted by atomic mass is 14.7. The van der Waals surface area contributed by atoms with Crippen molar-refractivity contribution in [2.24, 2.45) is 5.73 Å². The van der Waals surface area contributed by atoms with Crippen molar-refractivity contribution in [2.75, 3.05) is 0 Å². The Morgan fingerprint density at radius 1 is 0.481 bits per heavy atom. The Balaban J connectivity index is 1.67. The third-order valence-corrected chi connectivity index (χ3v) is 4.69. The van der Waals surface area contributed by atoms with Gasteiger partial charge in [0.15, 0.2) is 0 Å². The molecule has 0 bridgehead atoms. The Morgan fingerprint density at radius 2 is 0.926 bits per heavy atom. The highest BCUT2D eigenvalue weighted by molar-refractivity contribution is 5.96. The lowest BCUT2D eigenvalue weighted by Crippen LogP contribution is -2.10. The Kier molecular flexibility index (Phi) is 4.54. The molecule has 0 aromatic heterocycles. The molecule has 27 heavy (non-hydrogen) atoms. The van der Waals surface area contributed by atoms with Gasteiger partial charge in [0.1, 0.15) is 5.84 Å². The summed E-state index contributed by atoms with van der Waals surface area (Å²) in [7, 11) is 0. The zero-order valence-electron chi connectivity index (χ0n) is 14.9. The van der Waals surface area contributed by atoms with E-state index >= 15 is 0 Å². The van der Waals surface area contributed by atoms with Gasteiger partial charge in [-0.1, -0.05) is 91.0 Å². The minimum absolute atomic E-state index is 0.0875. The van der Waals surface area contributed by atoms with Crippen molar-refractivity contribution in [1.29, 1.82) is 5.41 Å². The third kappa shape index (κ3) is 3.65. The molecular weight excluding hydrogens is 328 g/mol. The first-order chi connectivity index (χ1) is 13.2. The fraction of sp³-hybridized carbons (Fsp3) is 0. The van der Waals surface area contributed by atoms with Crippen LogP contribution in [-0.4, -0.2) is 5.84 Å². The second-order valence-corrected chi connectivity index (χ2v) is 6.52. The van der Waals surface area contributed by atoms with Crippen LogP contribution in [0.4, 0.5) is 0 Å². The first-order valence-corrected chi connectivity index (χ1v) is 8.91. The van der Waals surface area contributed by atoms with Crippen molar-refractivity contribution in [3.63, 3.8) is 0 Å². The van der Waals surface area contributed by atoms with E-state index in [1.54, 1.807) is 0 Å². The van der Waals surface area contributed by atoms with Gasteiger partial charge in [0, 0.05) is 5.56 Å². The molecule has 0 radical (unpaired) electrons. The Bertz CT molecular complexity index is 1080. The molecule has 4 aromatic carbocycles. The summed E-state index contributed by atoms with van der Waals surface area (Å²) >= 11 is 0. The van der Waals surface area contributed by atoms with Gasteiger partial charge in [0.05, 0.1) is 0 Å². The number of nitrogens with two attached hydrogens (primary N) is 1. The molecule has 2 heteroatoms. The van der Waals surface area contributed by atoms with Gasteiger partial charge in [-0.2, -0.15) is 0 Å². The van der Waals surface area contributed by atoms with E-state index in [9.17, 15) is 0 Å². The summed E-state index contributed by atoms with van der Waals surface area (Å²) in [6.07, 6.45) is 0. The first kappa shape index (κ1) is 16.8. The molecule has 4 rings (SSSR count). The van der Waals surface area contributed by atoms with Crippen LogP contribution in [0.5, 0.6) is 0 Å². The Labute approximate surface area is 159 Å². The summed E-state index contributed by atoms with van der Waals surface area (Å²) in [5.41, 5.74) is 13.3. The summed E-state index contributed by atoms with van der Waals surface area (Å²) in [6.45, 7) is 0. The number of rotatable bonds is 4. The molecule has 0 saturated heterocycles. The minimum Gasteiger partial charge on any atom is -0.384 e. The lowest BCUT2D eigenvalue weighted by Gasteiger charge is -2.09. The van der Waals surface area contributed by atoms with Gasteiger partial charge in [0.25, 0.3) is 0 Å². The molecule has 0 fully saturated rings. The summed E-state index contributed by atoms with van der Waals surface area (Å²) in [4.78, 5) is 0. The van der Waals surface area contributed by atoms with E-state index in [1.807, 2.05) is 30.3 Å². The van der Waals surface area contributed by atoms with Crippen LogP contribution in [0, 0.1) is 5.41 Å². The van der Waals surface area contributed by atoms with E-state index in [0.29, 0.717) is 0 Å². The topological polar surface area (TPSA) is 49.9 Å². The number of benzene rings is 4. The predicted octanol–water partition coefficient (Wildman–Crippen LogP) is 5.97. The van der Waals surface area contributed by atoms with Gasteiger partial charge >= 0.3 is 0 Å². The number of hydrogen-bond donors (Lipinski definition) is 2. The smallest absolute Gasteiger partial charge is 0.122 e. The number of amidine groups is 1. The highest BCUT2D eigenvalue weighted by Gasteiger charge is 2.05. The van der Waals surface area contributed by atoms with Crippen LogP contribution in [0.15, 0.2) is 103 Å². The molecule has 0 atom stereocenters. The van der Waals surface area contributed by atoms with Crippen molar-refractivity contribution < 1.29 is 0 Å². The van der Waals surface area contributed by atoms with Crippen molar-refractivity contribution in [3.05, 3.63) is 109 Å². The predicted molar refractivity (Wildman–Crippen MR) is 114 cm³/mol. The van der Waals surface area contributed by atoms with Gasteiger partial charge in [-0.3, -0.25) is 5.41 Å². The maximum atomic E-state index is 7.64. The number of nitrogens with one attached hydrogen (secondary N) is 1. The van der Waals surface area contributed by atoms with E-state index in [0.717, 1.165) is 16.7 Å². The van der Waals surface area contributed by atoms with Crippen LogP contribution in [0.25, 0.3) is 33.4 Å². The molecular formula is C25H20N2. The van der Waals surface area contributed by atoms with Crippen molar-refractivity contribution >= 4 is 5.84 Å². The Hall–Kier alpha value is -3.65. The molecule has 0 unspecified atom stereocenters. The van der Waals surface area contributed by atoms with Crippen LogP contribution in [0.1, 0.15) is 5.56 Å². The zero-order valence-corrected chi connectivity index (χ0v) is 14.9. The van der Waals surface area contributed by atoms with Crippen molar-refractivity contribution in [3.8, 4) is 33.4 Å². The van der Waals surface area contributed by atoms with Gasteiger partial charge < -0.3 is 5.73 Å². The van der Waals surface area contributed by atoms with Crippen LogP contribution in [0.3, 0.4) is 0 Å². The summed E-state index contributed by atoms with van der Waals surface area (Å²) in [6, 6.07) is 35.3. The average Bonchev–Trinajstić information content (AvgIpc) is 2.75. The van der Waals surface area contributed by atoms with Crippen molar-refractivity contribution in [1.82, 2.24) is 0 Å². The van der Waals surface area contributed by atoms with Crippen LogP contribution in [-0.2, 0) is 0 Å². The van der Waals surface area contributed by atoms with Gasteiger partial charge in [0.2, 0.25) is 0 Å². The van der Waals surface area contributed by atoms with Crippen LogP contribution in [0.2, 0.25) is 0 Å². The molecule has 3 N–H and O–H groups in total. The second kappa shape index (κ2) is 7.30. The molecule has 4 aromatic rings. The molecule has 0 saturated carbocycles. The SMILES string of the molecule is N=C(N)c1cccc(-c2cccc(-c3ccc(-c4ccccc4)cc3)c2)c1. The molecule has 0 aliphatic heterocycles. The molecule has 130 valence electrons. The molecule has 0 aliphatic carbocycles. The molecule has 2 nitrogen and oxygen atoms in total. The standard InChI is InChI=1S/C25H20N2/c26-25(27)24-11-5-10-23(17-24)22-9-4-8-21(16-22)20-14-12-19(13-15-20)18-6-2-1-3-7-18/h1-17H,(H3,26,27). The summed E-state index contributed by atoms with van der Waals surface area (Å²) < 4.78 is 0. The van der Waals surface area contributed by atoms with E-state index in [2.05, 4.69) is 72.8 Å². The van der Waals surface area contributed by atoms with E-state index in [1.165, 1.54) is 22.3 Å². The van der Waals surface area contributed by atoms with E-state index < -0.39 is 0 Å². The summed E-state index contributed by atoms with van der Waals surface area (Å²) in [5.74, 6) is 0.0875. The van der Waals surface area contributed by atoms with E-state index in [4.69, 9.17) is 11.1 Å². The normalized spacial score (nSPS) is 10.5. The average molecular weight is 348 g/mol. The fourth-order valence-corrected chi connectivity index (χ4v) is 3.23.